The minimum atomic E-state index is -3.53. The van der Waals surface area contributed by atoms with Gasteiger partial charge in [0.25, 0.3) is 0 Å². The molecule has 1 heterocycles. The molecule has 1 aromatic carbocycles. The molecule has 3 N–H and O–H groups in total. The van der Waals surface area contributed by atoms with Gasteiger partial charge in [0, 0.05) is 25.7 Å². The highest BCUT2D eigenvalue weighted by Gasteiger charge is 2.28. The molecular formula is C15H23N3O3S. The molecular weight excluding hydrogens is 302 g/mol. The van der Waals surface area contributed by atoms with E-state index in [-0.39, 0.29) is 16.2 Å². The van der Waals surface area contributed by atoms with E-state index in [9.17, 15) is 13.2 Å². The lowest BCUT2D eigenvalue weighted by molar-refractivity contribution is -0.114. The molecule has 0 radical (unpaired) electrons. The Bertz CT molecular complexity index is 620. The lowest BCUT2D eigenvalue weighted by Gasteiger charge is -2.34. The van der Waals surface area contributed by atoms with E-state index in [1.54, 1.807) is 12.1 Å². The van der Waals surface area contributed by atoms with E-state index in [0.717, 1.165) is 25.9 Å². The first kappa shape index (κ1) is 16.9. The topological polar surface area (TPSA) is 87.3 Å². The third-order valence-corrected chi connectivity index (χ3v) is 5.28. The molecule has 1 atom stereocenters. The van der Waals surface area contributed by atoms with E-state index in [0.29, 0.717) is 12.2 Å². The fraction of sp³-hybridized carbons (Fsp3) is 0.533. The lowest BCUT2D eigenvalue weighted by atomic mass is 9.83. The van der Waals surface area contributed by atoms with Gasteiger partial charge in [-0.2, -0.15) is 0 Å². The van der Waals surface area contributed by atoms with Gasteiger partial charge in [0.1, 0.15) is 0 Å². The van der Waals surface area contributed by atoms with Crippen LogP contribution in [-0.4, -0.2) is 34.0 Å². The Morgan fingerprint density at radius 3 is 2.55 bits per heavy atom. The van der Waals surface area contributed by atoms with Gasteiger partial charge in [-0.05, 0) is 49.1 Å². The summed E-state index contributed by atoms with van der Waals surface area (Å²) >= 11 is 0. The Morgan fingerprint density at radius 2 is 2.00 bits per heavy atom. The number of hydrogen-bond donors (Lipinski definition) is 3. The van der Waals surface area contributed by atoms with Gasteiger partial charge in [-0.25, -0.2) is 13.1 Å². The summed E-state index contributed by atoms with van der Waals surface area (Å²) in [6.45, 7) is 5.71. The summed E-state index contributed by atoms with van der Waals surface area (Å²) in [5.74, 6) is -0.188. The van der Waals surface area contributed by atoms with Crippen molar-refractivity contribution in [2.75, 3.05) is 25.0 Å². The minimum absolute atomic E-state index is 0.0541. The Labute approximate surface area is 131 Å². The van der Waals surface area contributed by atoms with Gasteiger partial charge in [0.05, 0.1) is 4.90 Å². The van der Waals surface area contributed by atoms with Crippen LogP contribution in [0.3, 0.4) is 0 Å². The summed E-state index contributed by atoms with van der Waals surface area (Å²) < 4.78 is 27.4. The molecule has 1 fully saturated rings. The molecule has 0 saturated carbocycles. The SMILES string of the molecule is CC(=O)Nc1ccc(S(=O)(=O)NCC2(C)CCCNC2)cc1. The number of carbonyl (C=O) groups is 1. The predicted molar refractivity (Wildman–Crippen MR) is 86.1 cm³/mol. The largest absolute Gasteiger partial charge is 0.326 e. The molecule has 0 spiro atoms. The van der Waals surface area contributed by atoms with Crippen molar-refractivity contribution in [1.29, 1.82) is 0 Å². The van der Waals surface area contributed by atoms with Crippen molar-refractivity contribution in [3.63, 3.8) is 0 Å². The average Bonchev–Trinajstić information content (AvgIpc) is 2.46. The van der Waals surface area contributed by atoms with Gasteiger partial charge in [0.2, 0.25) is 15.9 Å². The molecule has 1 aromatic rings. The smallest absolute Gasteiger partial charge is 0.240 e. The highest BCUT2D eigenvalue weighted by molar-refractivity contribution is 7.89. The first-order valence-electron chi connectivity index (χ1n) is 7.39. The Kier molecular flexibility index (Phi) is 5.20. The maximum absolute atomic E-state index is 12.3. The van der Waals surface area contributed by atoms with Gasteiger partial charge in [-0.3, -0.25) is 4.79 Å². The van der Waals surface area contributed by atoms with Crippen molar-refractivity contribution in [3.8, 4) is 0 Å². The molecule has 7 heteroatoms. The van der Waals surface area contributed by atoms with Crippen molar-refractivity contribution in [3.05, 3.63) is 24.3 Å². The number of amides is 1. The van der Waals surface area contributed by atoms with Gasteiger partial charge in [-0.1, -0.05) is 6.92 Å². The van der Waals surface area contributed by atoms with Crippen LogP contribution < -0.4 is 15.4 Å². The van der Waals surface area contributed by atoms with Crippen LogP contribution in [0, 0.1) is 5.41 Å². The molecule has 1 saturated heterocycles. The number of nitrogens with one attached hydrogen (secondary N) is 3. The zero-order valence-corrected chi connectivity index (χ0v) is 13.8. The number of anilines is 1. The Hall–Kier alpha value is -1.44. The summed E-state index contributed by atoms with van der Waals surface area (Å²) in [5.41, 5.74) is 0.524. The zero-order chi connectivity index (χ0) is 16.2. The van der Waals surface area contributed by atoms with Crippen molar-refractivity contribution < 1.29 is 13.2 Å². The van der Waals surface area contributed by atoms with E-state index >= 15 is 0 Å². The molecule has 1 aliphatic rings. The molecule has 1 unspecified atom stereocenters. The monoisotopic (exact) mass is 325 g/mol. The molecule has 0 aliphatic carbocycles. The normalized spacial score (nSPS) is 22.3. The van der Waals surface area contributed by atoms with E-state index in [4.69, 9.17) is 0 Å². The molecule has 1 amide bonds. The van der Waals surface area contributed by atoms with Gasteiger partial charge in [-0.15, -0.1) is 0 Å². The summed E-state index contributed by atoms with van der Waals surface area (Å²) in [6.07, 6.45) is 2.06. The lowest BCUT2D eigenvalue weighted by Crippen LogP contribution is -2.45. The van der Waals surface area contributed by atoms with Crippen LogP contribution in [0.15, 0.2) is 29.2 Å². The summed E-state index contributed by atoms with van der Waals surface area (Å²) in [5, 5.41) is 5.91. The second-order valence-corrected chi connectivity index (χ2v) is 7.89. The van der Waals surface area contributed by atoms with Crippen LogP contribution in [-0.2, 0) is 14.8 Å². The number of benzene rings is 1. The van der Waals surface area contributed by atoms with Crippen molar-refractivity contribution in [2.24, 2.45) is 5.41 Å². The highest BCUT2D eigenvalue weighted by Crippen LogP contribution is 2.25. The number of piperidine rings is 1. The van der Waals surface area contributed by atoms with Crippen molar-refractivity contribution in [2.45, 2.75) is 31.6 Å². The van der Waals surface area contributed by atoms with Crippen LogP contribution in [0.25, 0.3) is 0 Å². The molecule has 6 nitrogen and oxygen atoms in total. The van der Waals surface area contributed by atoms with Crippen LogP contribution in [0.5, 0.6) is 0 Å². The third kappa shape index (κ3) is 4.53. The molecule has 2 rings (SSSR count). The quantitative estimate of drug-likeness (QED) is 0.762. The number of hydrogen-bond acceptors (Lipinski definition) is 4. The van der Waals surface area contributed by atoms with Gasteiger partial charge in [0.15, 0.2) is 0 Å². The van der Waals surface area contributed by atoms with Crippen LogP contribution in [0.1, 0.15) is 26.7 Å². The van der Waals surface area contributed by atoms with E-state index in [1.165, 1.54) is 19.1 Å². The Morgan fingerprint density at radius 1 is 1.32 bits per heavy atom. The molecule has 0 aromatic heterocycles. The maximum Gasteiger partial charge on any atom is 0.240 e. The summed E-state index contributed by atoms with van der Waals surface area (Å²) in [7, 11) is -3.53. The van der Waals surface area contributed by atoms with Crippen LogP contribution in [0.2, 0.25) is 0 Å². The van der Waals surface area contributed by atoms with Gasteiger partial charge >= 0.3 is 0 Å². The van der Waals surface area contributed by atoms with Crippen molar-refractivity contribution in [1.82, 2.24) is 10.0 Å². The molecule has 0 bridgehead atoms. The third-order valence-electron chi connectivity index (χ3n) is 3.86. The van der Waals surface area contributed by atoms with E-state index in [2.05, 4.69) is 22.3 Å². The average molecular weight is 325 g/mol. The maximum atomic E-state index is 12.3. The standard InChI is InChI=1S/C15H23N3O3S/c1-12(19)18-13-4-6-14(7-5-13)22(20,21)17-11-15(2)8-3-9-16-10-15/h4-7,16-17H,3,8-11H2,1-2H3,(H,18,19). The van der Waals surface area contributed by atoms with Crippen LogP contribution in [0.4, 0.5) is 5.69 Å². The first-order valence-corrected chi connectivity index (χ1v) is 8.87. The number of sulfonamides is 1. The van der Waals surface area contributed by atoms with E-state index in [1.807, 2.05) is 0 Å². The summed E-state index contributed by atoms with van der Waals surface area (Å²) in [6, 6.07) is 6.16. The summed E-state index contributed by atoms with van der Waals surface area (Å²) in [4.78, 5) is 11.2. The first-order chi connectivity index (χ1) is 10.3. The fourth-order valence-electron chi connectivity index (χ4n) is 2.54. The van der Waals surface area contributed by atoms with E-state index < -0.39 is 10.0 Å². The predicted octanol–water partition coefficient (Wildman–Crippen LogP) is 1.31. The second-order valence-electron chi connectivity index (χ2n) is 6.12. The fourth-order valence-corrected chi connectivity index (χ4v) is 3.74. The molecule has 1 aliphatic heterocycles. The number of carbonyl (C=O) groups excluding carboxylic acids is 1. The molecule has 22 heavy (non-hydrogen) atoms. The molecule has 122 valence electrons. The van der Waals surface area contributed by atoms with Gasteiger partial charge < -0.3 is 10.6 Å². The van der Waals surface area contributed by atoms with Crippen LogP contribution >= 0.6 is 0 Å². The number of rotatable bonds is 5. The zero-order valence-electron chi connectivity index (χ0n) is 13.0. The Balaban J connectivity index is 2.02. The second kappa shape index (κ2) is 6.76. The highest BCUT2D eigenvalue weighted by atomic mass is 32.2. The minimum Gasteiger partial charge on any atom is -0.326 e. The van der Waals surface area contributed by atoms with Crippen molar-refractivity contribution >= 4 is 21.6 Å².